The van der Waals surface area contributed by atoms with E-state index in [0.29, 0.717) is 12.1 Å². The van der Waals surface area contributed by atoms with Crippen LogP contribution in [0, 0.1) is 10.1 Å². The summed E-state index contributed by atoms with van der Waals surface area (Å²) in [5.41, 5.74) is 1.13. The second-order valence-electron chi connectivity index (χ2n) is 5.35. The minimum Gasteiger partial charge on any atom is -0.493 e. The number of nitro benzene ring substituents is 1. The van der Waals surface area contributed by atoms with E-state index in [9.17, 15) is 23.3 Å². The molecule has 2 rings (SSSR count). The van der Waals surface area contributed by atoms with Crippen molar-refractivity contribution >= 4 is 17.0 Å². The van der Waals surface area contributed by atoms with Crippen LogP contribution in [0.5, 0.6) is 11.5 Å². The zero-order chi connectivity index (χ0) is 19.2. The summed E-state index contributed by atoms with van der Waals surface area (Å²) in [6.45, 7) is -0.780. The average molecular weight is 390 g/mol. The standard InChI is InChI=1S/C16H17F3N2O4S/c1-24-14-6-12(8-20-4-2-11-3-5-26-9-11)13(21(22)23)7-15(14)25-10-16(17,18)19/h3,5-7,9,20H,2,4,8,10H2,1H3. The molecule has 142 valence electrons. The van der Waals surface area contributed by atoms with Crippen molar-refractivity contribution < 1.29 is 27.6 Å². The fraction of sp³-hybridized carbons (Fsp3) is 0.375. The summed E-state index contributed by atoms with van der Waals surface area (Å²) in [5, 5.41) is 18.3. The predicted octanol–water partition coefficient (Wildman–Crippen LogP) is 3.94. The van der Waals surface area contributed by atoms with Crippen LogP contribution < -0.4 is 14.8 Å². The second kappa shape index (κ2) is 8.86. The predicted molar refractivity (Wildman–Crippen MR) is 90.9 cm³/mol. The molecule has 0 fully saturated rings. The smallest absolute Gasteiger partial charge is 0.422 e. The Morgan fingerprint density at radius 2 is 2.08 bits per heavy atom. The van der Waals surface area contributed by atoms with E-state index in [1.807, 2.05) is 16.8 Å². The van der Waals surface area contributed by atoms with Crippen molar-refractivity contribution in [2.75, 3.05) is 20.3 Å². The van der Waals surface area contributed by atoms with Gasteiger partial charge in [0.1, 0.15) is 0 Å². The van der Waals surface area contributed by atoms with Gasteiger partial charge < -0.3 is 14.8 Å². The third-order valence-corrected chi connectivity index (χ3v) is 4.17. The maximum Gasteiger partial charge on any atom is 0.422 e. The van der Waals surface area contributed by atoms with Gasteiger partial charge in [-0.3, -0.25) is 10.1 Å². The number of ether oxygens (including phenoxy) is 2. The third-order valence-electron chi connectivity index (χ3n) is 3.44. The average Bonchev–Trinajstić information content (AvgIpc) is 3.09. The Kier molecular flexibility index (Phi) is 6.81. The summed E-state index contributed by atoms with van der Waals surface area (Å²) < 4.78 is 46.6. The first kappa shape index (κ1) is 20.0. The van der Waals surface area contributed by atoms with E-state index < -0.39 is 17.7 Å². The molecule has 26 heavy (non-hydrogen) atoms. The lowest BCUT2D eigenvalue weighted by atomic mass is 10.1. The van der Waals surface area contributed by atoms with E-state index in [4.69, 9.17) is 4.74 Å². The number of hydrogen-bond donors (Lipinski definition) is 1. The largest absolute Gasteiger partial charge is 0.493 e. The van der Waals surface area contributed by atoms with E-state index >= 15 is 0 Å². The molecule has 1 aromatic carbocycles. The van der Waals surface area contributed by atoms with Gasteiger partial charge in [-0.15, -0.1) is 0 Å². The summed E-state index contributed by atoms with van der Waals surface area (Å²) >= 11 is 1.59. The molecule has 1 aromatic heterocycles. The van der Waals surface area contributed by atoms with Gasteiger partial charge in [-0.05, 0) is 41.4 Å². The lowest BCUT2D eigenvalue weighted by molar-refractivity contribution is -0.385. The van der Waals surface area contributed by atoms with Crippen LogP contribution >= 0.6 is 11.3 Å². The van der Waals surface area contributed by atoms with Gasteiger partial charge in [-0.2, -0.15) is 24.5 Å². The van der Waals surface area contributed by atoms with Gasteiger partial charge >= 0.3 is 6.18 Å². The molecule has 0 bridgehead atoms. The zero-order valence-corrected chi connectivity index (χ0v) is 14.7. The van der Waals surface area contributed by atoms with E-state index in [2.05, 4.69) is 10.1 Å². The van der Waals surface area contributed by atoms with Crippen molar-refractivity contribution in [3.63, 3.8) is 0 Å². The summed E-state index contributed by atoms with van der Waals surface area (Å²) in [6.07, 6.45) is -3.79. The SMILES string of the molecule is COc1cc(CNCCc2ccsc2)c([N+](=O)[O-])cc1OCC(F)(F)F. The lowest BCUT2D eigenvalue weighted by Crippen LogP contribution is -2.20. The molecule has 1 N–H and O–H groups in total. The number of hydrogen-bond acceptors (Lipinski definition) is 6. The number of methoxy groups -OCH3 is 1. The van der Waals surface area contributed by atoms with Crippen LogP contribution in [0.4, 0.5) is 18.9 Å². The summed E-state index contributed by atoms with van der Waals surface area (Å²) in [5.74, 6) is -0.312. The topological polar surface area (TPSA) is 73.6 Å². The molecule has 6 nitrogen and oxygen atoms in total. The number of benzene rings is 1. The maximum atomic E-state index is 12.3. The van der Waals surface area contributed by atoms with E-state index in [0.717, 1.165) is 18.1 Å². The van der Waals surface area contributed by atoms with Crippen molar-refractivity contribution in [2.45, 2.75) is 19.1 Å². The zero-order valence-electron chi connectivity index (χ0n) is 13.8. The Balaban J connectivity index is 2.10. The fourth-order valence-corrected chi connectivity index (χ4v) is 2.93. The molecule has 0 spiro atoms. The van der Waals surface area contributed by atoms with Crippen molar-refractivity contribution in [3.05, 3.63) is 50.2 Å². The van der Waals surface area contributed by atoms with Crippen LogP contribution in [-0.4, -0.2) is 31.4 Å². The first-order valence-corrected chi connectivity index (χ1v) is 8.51. The highest BCUT2D eigenvalue weighted by molar-refractivity contribution is 7.07. The van der Waals surface area contributed by atoms with Gasteiger partial charge in [0, 0.05) is 12.1 Å². The van der Waals surface area contributed by atoms with Gasteiger partial charge in [-0.1, -0.05) is 0 Å². The first-order chi connectivity index (χ1) is 12.3. The van der Waals surface area contributed by atoms with Gasteiger partial charge in [0.25, 0.3) is 5.69 Å². The van der Waals surface area contributed by atoms with Gasteiger partial charge in [0.2, 0.25) is 0 Å². The molecule has 0 saturated heterocycles. The molecule has 0 saturated carbocycles. The van der Waals surface area contributed by atoms with Crippen LogP contribution in [0.25, 0.3) is 0 Å². The van der Waals surface area contributed by atoms with Gasteiger partial charge in [-0.25, -0.2) is 0 Å². The molecule has 0 radical (unpaired) electrons. The number of halogens is 3. The number of rotatable bonds is 9. The van der Waals surface area contributed by atoms with Crippen molar-refractivity contribution in [1.82, 2.24) is 5.32 Å². The molecular formula is C16H17F3N2O4S. The van der Waals surface area contributed by atoms with E-state index in [1.54, 1.807) is 11.3 Å². The molecule has 2 aromatic rings. The summed E-state index contributed by atoms with van der Waals surface area (Å²) in [6, 6.07) is 4.27. The quantitative estimate of drug-likeness (QED) is 0.399. The van der Waals surface area contributed by atoms with Gasteiger partial charge in [0.15, 0.2) is 18.1 Å². The molecule has 0 atom stereocenters. The van der Waals surface area contributed by atoms with Crippen LogP contribution in [0.15, 0.2) is 29.0 Å². The maximum absolute atomic E-state index is 12.3. The van der Waals surface area contributed by atoms with E-state index in [1.165, 1.54) is 13.2 Å². The fourth-order valence-electron chi connectivity index (χ4n) is 2.23. The summed E-state index contributed by atoms with van der Waals surface area (Å²) in [4.78, 5) is 10.6. The number of nitrogens with one attached hydrogen (secondary N) is 1. The number of thiophene rings is 1. The minimum atomic E-state index is -4.55. The highest BCUT2D eigenvalue weighted by Gasteiger charge is 2.30. The molecule has 10 heteroatoms. The molecule has 1 heterocycles. The Hall–Kier alpha value is -2.33. The van der Waals surface area contributed by atoms with Crippen molar-refractivity contribution in [2.24, 2.45) is 0 Å². The van der Waals surface area contributed by atoms with Crippen LogP contribution in [-0.2, 0) is 13.0 Å². The molecule has 0 amide bonds. The van der Waals surface area contributed by atoms with E-state index in [-0.39, 0.29) is 23.7 Å². The Morgan fingerprint density at radius 3 is 2.65 bits per heavy atom. The third kappa shape index (κ3) is 5.88. The molecule has 0 aliphatic heterocycles. The van der Waals surface area contributed by atoms with Crippen molar-refractivity contribution in [3.8, 4) is 11.5 Å². The number of nitro groups is 1. The van der Waals surface area contributed by atoms with Gasteiger partial charge in [0.05, 0.1) is 18.1 Å². The lowest BCUT2D eigenvalue weighted by Gasteiger charge is -2.14. The first-order valence-electron chi connectivity index (χ1n) is 7.57. The Labute approximate surface area is 151 Å². The van der Waals surface area contributed by atoms with Crippen molar-refractivity contribution in [1.29, 1.82) is 0 Å². The normalized spacial score (nSPS) is 11.4. The minimum absolute atomic E-state index is 0.00878. The van der Waals surface area contributed by atoms with Crippen LogP contribution in [0.3, 0.4) is 0 Å². The molecule has 0 aliphatic carbocycles. The van der Waals surface area contributed by atoms with Crippen LogP contribution in [0.1, 0.15) is 11.1 Å². The molecular weight excluding hydrogens is 373 g/mol. The van der Waals surface area contributed by atoms with Crippen LogP contribution in [0.2, 0.25) is 0 Å². The number of nitrogens with zero attached hydrogens (tertiary/aromatic N) is 1. The molecule has 0 aliphatic rings. The Morgan fingerprint density at radius 1 is 1.31 bits per heavy atom. The highest BCUT2D eigenvalue weighted by Crippen LogP contribution is 2.35. The highest BCUT2D eigenvalue weighted by atomic mass is 32.1. The summed E-state index contributed by atoms with van der Waals surface area (Å²) in [7, 11) is 1.26. The molecule has 0 unspecified atom stereocenters. The second-order valence-corrected chi connectivity index (χ2v) is 6.13. The Bertz CT molecular complexity index is 736. The monoisotopic (exact) mass is 390 g/mol. The number of alkyl halides is 3.